The third-order valence-electron chi connectivity index (χ3n) is 2.25. The predicted octanol–water partition coefficient (Wildman–Crippen LogP) is 5.66. The van der Waals surface area contributed by atoms with Crippen molar-refractivity contribution in [2.75, 3.05) is 20.6 Å². The number of benzene rings is 1. The molecule has 0 fully saturated rings. The van der Waals surface area contributed by atoms with Crippen molar-refractivity contribution < 1.29 is 25.2 Å². The van der Waals surface area contributed by atoms with Gasteiger partial charge in [-0.2, -0.15) is 0 Å². The fourth-order valence-corrected chi connectivity index (χ4v) is 1.01. The van der Waals surface area contributed by atoms with Gasteiger partial charge in [-0.1, -0.05) is 18.2 Å². The summed E-state index contributed by atoms with van der Waals surface area (Å²) in [6.45, 7) is 3.33. The quantitative estimate of drug-likeness (QED) is 0.375. The van der Waals surface area contributed by atoms with Crippen LogP contribution in [0.5, 0.6) is 0 Å². The Morgan fingerprint density at radius 1 is 0.889 bits per heavy atom. The molecule has 0 N–H and O–H groups in total. The zero-order valence-electron chi connectivity index (χ0n) is 10.3. The monoisotopic (exact) mass is 295 g/mol. The first-order valence-electron chi connectivity index (χ1n) is 5.07. The Morgan fingerprint density at radius 2 is 1.22 bits per heavy atom. The van der Waals surface area contributed by atoms with Crippen LogP contribution in [-0.4, -0.2) is 20.6 Å². The number of halogens is 6. The SMILES string of the molecule is CC[N+](C)(C)c1ccccc1.F[P-](F)(F)(F)(F)F. The summed E-state index contributed by atoms with van der Waals surface area (Å²) in [7, 11) is -6.22. The van der Waals surface area contributed by atoms with E-state index in [-0.39, 0.29) is 0 Å². The van der Waals surface area contributed by atoms with E-state index >= 15 is 0 Å². The fourth-order valence-electron chi connectivity index (χ4n) is 1.01. The van der Waals surface area contributed by atoms with Gasteiger partial charge in [0.25, 0.3) is 0 Å². The van der Waals surface area contributed by atoms with Crippen LogP contribution in [0.15, 0.2) is 30.3 Å². The van der Waals surface area contributed by atoms with Crippen molar-refractivity contribution >= 4 is 13.5 Å². The Morgan fingerprint density at radius 3 is 1.50 bits per heavy atom. The van der Waals surface area contributed by atoms with Crippen LogP contribution in [0.3, 0.4) is 0 Å². The summed E-state index contributed by atoms with van der Waals surface area (Å²) in [5.41, 5.74) is 1.37. The molecule has 8 heteroatoms. The molecule has 0 aliphatic carbocycles. The number of hydrogen-bond acceptors (Lipinski definition) is 0. The van der Waals surface area contributed by atoms with Gasteiger partial charge in [-0.15, -0.1) is 0 Å². The molecule has 0 unspecified atom stereocenters. The first-order chi connectivity index (χ1) is 7.62. The molecule has 1 rings (SSSR count). The number of rotatable bonds is 2. The molecular formula is C10H16F6NP. The van der Waals surface area contributed by atoms with Gasteiger partial charge in [0.05, 0.1) is 20.6 Å². The molecule has 0 saturated heterocycles. The van der Waals surface area contributed by atoms with E-state index in [1.165, 1.54) is 5.69 Å². The molecule has 0 aromatic heterocycles. The second-order valence-electron chi connectivity index (χ2n) is 4.30. The third-order valence-corrected chi connectivity index (χ3v) is 2.25. The zero-order chi connectivity index (χ0) is 14.7. The topological polar surface area (TPSA) is 0 Å². The molecule has 0 aliphatic heterocycles. The molecule has 108 valence electrons. The van der Waals surface area contributed by atoms with Crippen LogP contribution in [0.25, 0.3) is 0 Å². The van der Waals surface area contributed by atoms with Crippen LogP contribution in [0, 0.1) is 0 Å². The van der Waals surface area contributed by atoms with Crippen molar-refractivity contribution in [1.82, 2.24) is 4.48 Å². The summed E-state index contributed by atoms with van der Waals surface area (Å²) in [6.07, 6.45) is 0. The molecular weight excluding hydrogens is 279 g/mol. The minimum atomic E-state index is -10.7. The summed E-state index contributed by atoms with van der Waals surface area (Å²) < 4.78 is 60.2. The number of hydrogen-bond donors (Lipinski definition) is 0. The molecule has 1 nitrogen and oxygen atoms in total. The molecule has 0 spiro atoms. The third kappa shape index (κ3) is 11.7. The molecule has 0 radical (unpaired) electrons. The number of nitrogens with zero attached hydrogens (tertiary/aromatic N) is 1. The molecule has 18 heavy (non-hydrogen) atoms. The van der Waals surface area contributed by atoms with Crippen molar-refractivity contribution in [3.8, 4) is 0 Å². The van der Waals surface area contributed by atoms with Gasteiger partial charge in [0, 0.05) is 0 Å². The molecule has 0 aliphatic rings. The van der Waals surface area contributed by atoms with Crippen LogP contribution < -0.4 is 4.48 Å². The molecule has 0 atom stereocenters. The Balaban J connectivity index is 0.000000360. The van der Waals surface area contributed by atoms with E-state index in [0.29, 0.717) is 0 Å². The maximum absolute atomic E-state index is 10.7. The summed E-state index contributed by atoms with van der Waals surface area (Å²) >= 11 is 0. The van der Waals surface area contributed by atoms with E-state index in [9.17, 15) is 25.2 Å². The Labute approximate surface area is 102 Å². The standard InChI is InChI=1S/C10H16N.F6P/c1-4-11(2,3)10-8-6-5-7-9-10;1-7(2,3,4,5)6/h5-9H,4H2,1-3H3;/q+1;-1. The average molecular weight is 295 g/mol. The molecule has 0 amide bonds. The fraction of sp³-hybridized carbons (Fsp3) is 0.400. The average Bonchev–Trinajstić information content (AvgIpc) is 2.14. The van der Waals surface area contributed by atoms with Crippen LogP contribution >= 0.6 is 7.81 Å². The van der Waals surface area contributed by atoms with Crippen molar-refractivity contribution in [1.29, 1.82) is 0 Å². The first-order valence-corrected chi connectivity index (χ1v) is 7.09. The Bertz CT molecular complexity index is 371. The van der Waals surface area contributed by atoms with Crippen molar-refractivity contribution in [3.05, 3.63) is 30.3 Å². The van der Waals surface area contributed by atoms with Gasteiger partial charge in [-0.25, -0.2) is 0 Å². The predicted molar refractivity (Wildman–Crippen MR) is 64.2 cm³/mol. The molecule has 0 saturated carbocycles. The minimum absolute atomic E-state index is 0.959. The van der Waals surface area contributed by atoms with Crippen molar-refractivity contribution in [3.63, 3.8) is 0 Å². The van der Waals surface area contributed by atoms with Gasteiger partial charge in [0.1, 0.15) is 5.69 Å². The van der Waals surface area contributed by atoms with Crippen LogP contribution in [0.1, 0.15) is 6.92 Å². The summed E-state index contributed by atoms with van der Waals surface area (Å²) in [5, 5.41) is 0. The summed E-state index contributed by atoms with van der Waals surface area (Å²) in [4.78, 5) is 0. The number of para-hydroxylation sites is 1. The van der Waals surface area contributed by atoms with Crippen molar-refractivity contribution in [2.45, 2.75) is 6.92 Å². The van der Waals surface area contributed by atoms with Gasteiger partial charge in [0.2, 0.25) is 0 Å². The van der Waals surface area contributed by atoms with E-state index in [1.807, 2.05) is 0 Å². The van der Waals surface area contributed by atoms with E-state index in [1.54, 1.807) is 0 Å². The van der Waals surface area contributed by atoms with Gasteiger partial charge in [-0.05, 0) is 19.1 Å². The molecule has 1 aromatic carbocycles. The zero-order valence-corrected chi connectivity index (χ0v) is 11.2. The van der Waals surface area contributed by atoms with Gasteiger partial charge in [0.15, 0.2) is 0 Å². The molecule has 0 heterocycles. The van der Waals surface area contributed by atoms with Gasteiger partial charge >= 0.3 is 33.0 Å². The second kappa shape index (κ2) is 4.38. The normalized spacial score (nSPS) is 16.1. The Hall–Kier alpha value is -0.810. The van der Waals surface area contributed by atoms with E-state index < -0.39 is 7.81 Å². The molecule has 0 bridgehead atoms. The summed E-state index contributed by atoms with van der Waals surface area (Å²) in [6, 6.07) is 10.6. The first kappa shape index (κ1) is 17.2. The maximum atomic E-state index is 9.87. The van der Waals surface area contributed by atoms with Crippen LogP contribution in [0.2, 0.25) is 0 Å². The van der Waals surface area contributed by atoms with Crippen LogP contribution in [-0.2, 0) is 0 Å². The summed E-state index contributed by atoms with van der Waals surface area (Å²) in [5.74, 6) is 0. The van der Waals surface area contributed by atoms with Gasteiger partial charge < -0.3 is 0 Å². The van der Waals surface area contributed by atoms with Gasteiger partial charge in [-0.3, -0.25) is 4.48 Å². The number of quaternary nitrogens is 1. The van der Waals surface area contributed by atoms with E-state index in [0.717, 1.165) is 11.0 Å². The Kier molecular flexibility index (Phi) is 4.19. The molecule has 1 aromatic rings. The second-order valence-corrected chi connectivity index (χ2v) is 6.21. The van der Waals surface area contributed by atoms with E-state index in [4.69, 9.17) is 0 Å². The van der Waals surface area contributed by atoms with Crippen LogP contribution in [0.4, 0.5) is 30.9 Å². The van der Waals surface area contributed by atoms with Crippen molar-refractivity contribution in [2.24, 2.45) is 0 Å². The van der Waals surface area contributed by atoms with E-state index in [2.05, 4.69) is 51.4 Å².